The van der Waals surface area contributed by atoms with Gasteiger partial charge in [0.15, 0.2) is 0 Å². The van der Waals surface area contributed by atoms with Gasteiger partial charge in [0, 0.05) is 18.4 Å². The van der Waals surface area contributed by atoms with Gasteiger partial charge in [-0.3, -0.25) is 0 Å². The lowest BCUT2D eigenvalue weighted by Crippen LogP contribution is -2.35. The summed E-state index contributed by atoms with van der Waals surface area (Å²) in [6, 6.07) is 9.99. The Kier molecular flexibility index (Phi) is 6.33. The van der Waals surface area contributed by atoms with Crippen LogP contribution in [0.2, 0.25) is 0 Å². The molecule has 0 unspecified atom stereocenters. The van der Waals surface area contributed by atoms with Gasteiger partial charge in [0.05, 0.1) is 12.2 Å². The van der Waals surface area contributed by atoms with Crippen LogP contribution in [0.15, 0.2) is 30.3 Å². The minimum absolute atomic E-state index is 0.0586. The number of rotatable bonds is 7. The number of aryl methyl sites for hydroxylation is 1. The van der Waals surface area contributed by atoms with Gasteiger partial charge in [-0.25, -0.2) is 0 Å². The molecule has 0 aliphatic carbocycles. The third-order valence-corrected chi connectivity index (χ3v) is 3.59. The van der Waals surface area contributed by atoms with E-state index in [1.807, 2.05) is 37.3 Å². The molecule has 0 fully saturated rings. The first-order valence-corrected chi connectivity index (χ1v) is 6.57. The van der Waals surface area contributed by atoms with E-state index in [0.29, 0.717) is 6.42 Å². The summed E-state index contributed by atoms with van der Waals surface area (Å²) in [5.41, 5.74) is 1.19. The molecule has 0 spiro atoms. The predicted molar refractivity (Wildman–Crippen MR) is 72.2 cm³/mol. The summed E-state index contributed by atoms with van der Waals surface area (Å²) < 4.78 is 0. The van der Waals surface area contributed by atoms with Gasteiger partial charge in [-0.05, 0) is 18.4 Å². The van der Waals surface area contributed by atoms with E-state index in [0.717, 1.165) is 6.42 Å². The molecule has 0 saturated heterocycles. The third kappa shape index (κ3) is 4.41. The first-order chi connectivity index (χ1) is 8.56. The summed E-state index contributed by atoms with van der Waals surface area (Å²) >= 11 is 0. The number of hydrogen-bond donors (Lipinski definition) is 3. The van der Waals surface area contributed by atoms with Gasteiger partial charge < -0.3 is 15.3 Å². The Balaban J connectivity index is 2.42. The summed E-state index contributed by atoms with van der Waals surface area (Å²) in [6.45, 7) is 3.55. The van der Waals surface area contributed by atoms with Crippen molar-refractivity contribution in [2.75, 3.05) is 6.61 Å². The van der Waals surface area contributed by atoms with E-state index in [9.17, 15) is 10.2 Å². The second-order valence-electron chi connectivity index (χ2n) is 5.10. The van der Waals surface area contributed by atoms with E-state index in [1.54, 1.807) is 6.92 Å². The van der Waals surface area contributed by atoms with Crippen LogP contribution in [0.25, 0.3) is 0 Å². The lowest BCUT2D eigenvalue weighted by atomic mass is 9.87. The first-order valence-electron chi connectivity index (χ1n) is 6.57. The zero-order chi connectivity index (χ0) is 13.5. The van der Waals surface area contributed by atoms with Crippen LogP contribution in [-0.2, 0) is 6.42 Å². The fraction of sp³-hybridized carbons (Fsp3) is 0.600. The lowest BCUT2D eigenvalue weighted by Gasteiger charge is -2.27. The van der Waals surface area contributed by atoms with Crippen LogP contribution in [0, 0.1) is 11.8 Å². The van der Waals surface area contributed by atoms with Gasteiger partial charge in [0.1, 0.15) is 0 Å². The Labute approximate surface area is 109 Å². The summed E-state index contributed by atoms with van der Waals surface area (Å²) in [5.74, 6) is -0.428. The van der Waals surface area contributed by atoms with E-state index in [2.05, 4.69) is 0 Å². The predicted octanol–water partition coefficient (Wildman–Crippen LogP) is 1.61. The van der Waals surface area contributed by atoms with Crippen molar-refractivity contribution in [1.29, 1.82) is 0 Å². The molecule has 3 N–H and O–H groups in total. The zero-order valence-corrected chi connectivity index (χ0v) is 11.2. The van der Waals surface area contributed by atoms with Crippen molar-refractivity contribution < 1.29 is 15.3 Å². The van der Waals surface area contributed by atoms with Crippen LogP contribution >= 0.6 is 0 Å². The highest BCUT2D eigenvalue weighted by molar-refractivity contribution is 5.14. The number of aliphatic hydroxyl groups excluding tert-OH is 3. The molecular weight excluding hydrogens is 228 g/mol. The summed E-state index contributed by atoms with van der Waals surface area (Å²) in [6.07, 6.45) is 0.211. The van der Waals surface area contributed by atoms with Crippen LogP contribution in [0.5, 0.6) is 0 Å². The van der Waals surface area contributed by atoms with Crippen LogP contribution in [-0.4, -0.2) is 34.1 Å². The summed E-state index contributed by atoms with van der Waals surface area (Å²) in [4.78, 5) is 0. The monoisotopic (exact) mass is 252 g/mol. The van der Waals surface area contributed by atoms with Gasteiger partial charge >= 0.3 is 0 Å². The summed E-state index contributed by atoms with van der Waals surface area (Å²) in [5, 5.41) is 29.0. The second-order valence-corrected chi connectivity index (χ2v) is 5.10. The average Bonchev–Trinajstić information content (AvgIpc) is 2.43. The van der Waals surface area contributed by atoms with E-state index in [4.69, 9.17) is 5.11 Å². The SMILES string of the molecule is C[C@H]([C@@H](O)[C@@H](C)CO)[C@@H](O)CCc1ccccc1. The van der Waals surface area contributed by atoms with Crippen molar-refractivity contribution in [3.05, 3.63) is 35.9 Å². The van der Waals surface area contributed by atoms with E-state index in [1.165, 1.54) is 5.56 Å². The number of benzene rings is 1. The second kappa shape index (κ2) is 7.52. The molecule has 18 heavy (non-hydrogen) atoms. The Morgan fingerprint density at radius 1 is 1.06 bits per heavy atom. The number of aliphatic hydroxyl groups is 3. The molecule has 0 aliphatic heterocycles. The molecule has 1 rings (SSSR count). The van der Waals surface area contributed by atoms with Gasteiger partial charge in [0.2, 0.25) is 0 Å². The Morgan fingerprint density at radius 2 is 1.67 bits per heavy atom. The molecule has 1 aromatic carbocycles. The molecule has 3 heteroatoms. The van der Waals surface area contributed by atoms with Gasteiger partial charge in [-0.2, -0.15) is 0 Å². The maximum atomic E-state index is 10.1. The zero-order valence-electron chi connectivity index (χ0n) is 11.2. The van der Waals surface area contributed by atoms with E-state index >= 15 is 0 Å². The van der Waals surface area contributed by atoms with E-state index in [-0.39, 0.29) is 18.4 Å². The molecule has 0 amide bonds. The fourth-order valence-corrected chi connectivity index (χ4v) is 2.08. The van der Waals surface area contributed by atoms with Crippen LogP contribution < -0.4 is 0 Å². The van der Waals surface area contributed by atoms with Crippen molar-refractivity contribution in [2.45, 2.75) is 38.9 Å². The maximum Gasteiger partial charge on any atom is 0.0637 e. The molecule has 0 aromatic heterocycles. The standard InChI is InChI=1S/C15H24O3/c1-11(10-16)15(18)12(2)14(17)9-8-13-6-4-3-5-7-13/h3-7,11-12,14-18H,8-10H2,1-2H3/t11-,12-,14-,15-/m0/s1. The largest absolute Gasteiger partial charge is 0.396 e. The van der Waals surface area contributed by atoms with Crippen molar-refractivity contribution in [2.24, 2.45) is 11.8 Å². The van der Waals surface area contributed by atoms with Gasteiger partial charge in [-0.15, -0.1) is 0 Å². The highest BCUT2D eigenvalue weighted by atomic mass is 16.3. The Bertz CT molecular complexity index is 326. The molecular formula is C15H24O3. The normalized spacial score (nSPS) is 18.1. The first kappa shape index (κ1) is 15.2. The molecule has 4 atom stereocenters. The molecule has 3 nitrogen and oxygen atoms in total. The lowest BCUT2D eigenvalue weighted by molar-refractivity contribution is -0.0217. The molecule has 0 heterocycles. The molecule has 0 bridgehead atoms. The fourth-order valence-electron chi connectivity index (χ4n) is 2.08. The van der Waals surface area contributed by atoms with E-state index < -0.39 is 12.2 Å². The Hall–Kier alpha value is -0.900. The summed E-state index contributed by atoms with van der Waals surface area (Å²) in [7, 11) is 0. The Morgan fingerprint density at radius 3 is 2.22 bits per heavy atom. The highest BCUT2D eigenvalue weighted by Gasteiger charge is 2.26. The van der Waals surface area contributed by atoms with Crippen molar-refractivity contribution >= 4 is 0 Å². The highest BCUT2D eigenvalue weighted by Crippen LogP contribution is 2.19. The van der Waals surface area contributed by atoms with Crippen molar-refractivity contribution in [3.8, 4) is 0 Å². The van der Waals surface area contributed by atoms with Crippen molar-refractivity contribution in [3.63, 3.8) is 0 Å². The smallest absolute Gasteiger partial charge is 0.0637 e. The minimum atomic E-state index is -0.666. The molecule has 0 saturated carbocycles. The molecule has 0 radical (unpaired) electrons. The molecule has 0 aliphatic rings. The number of hydrogen-bond acceptors (Lipinski definition) is 3. The molecule has 1 aromatic rings. The average molecular weight is 252 g/mol. The van der Waals surface area contributed by atoms with Gasteiger partial charge in [0.25, 0.3) is 0 Å². The minimum Gasteiger partial charge on any atom is -0.396 e. The van der Waals surface area contributed by atoms with Crippen LogP contribution in [0.1, 0.15) is 25.8 Å². The van der Waals surface area contributed by atoms with Gasteiger partial charge in [-0.1, -0.05) is 44.2 Å². The quantitative estimate of drug-likeness (QED) is 0.691. The topological polar surface area (TPSA) is 60.7 Å². The van der Waals surface area contributed by atoms with Crippen LogP contribution in [0.3, 0.4) is 0 Å². The van der Waals surface area contributed by atoms with Crippen LogP contribution in [0.4, 0.5) is 0 Å². The maximum absolute atomic E-state index is 10.1. The molecule has 102 valence electrons. The van der Waals surface area contributed by atoms with Crippen molar-refractivity contribution in [1.82, 2.24) is 0 Å². The third-order valence-electron chi connectivity index (χ3n) is 3.59.